The van der Waals surface area contributed by atoms with Crippen molar-refractivity contribution >= 4 is 17.4 Å². The van der Waals surface area contributed by atoms with Gasteiger partial charge in [0.15, 0.2) is 0 Å². The van der Waals surface area contributed by atoms with Crippen LogP contribution in [0.1, 0.15) is 34.3 Å². The van der Waals surface area contributed by atoms with Gasteiger partial charge in [0.25, 0.3) is 5.91 Å². The van der Waals surface area contributed by atoms with Crippen molar-refractivity contribution < 1.29 is 9.53 Å². The molecule has 0 N–H and O–H groups in total. The number of fused-ring (bicyclic) bond motifs is 1. The van der Waals surface area contributed by atoms with Crippen molar-refractivity contribution in [3.8, 4) is 5.75 Å². The Morgan fingerprint density at radius 2 is 2.00 bits per heavy atom. The number of carbonyl (C=O) groups excluding carboxylic acids is 1. The zero-order valence-corrected chi connectivity index (χ0v) is 17.1. The molecule has 1 saturated carbocycles. The number of benzene rings is 2. The highest BCUT2D eigenvalue weighted by Gasteiger charge is 2.27. The van der Waals surface area contributed by atoms with Crippen LogP contribution in [0.2, 0.25) is 0 Å². The first-order valence-corrected chi connectivity index (χ1v) is 10.4. The molecule has 5 rings (SSSR count). The third-order valence-corrected chi connectivity index (χ3v) is 5.79. The highest BCUT2D eigenvalue weighted by Crippen LogP contribution is 2.31. The van der Waals surface area contributed by atoms with Crippen molar-refractivity contribution in [1.82, 2.24) is 9.47 Å². The largest absolute Gasteiger partial charge is 0.497 e. The number of aromatic nitrogens is 1. The Kier molecular flexibility index (Phi) is 4.87. The van der Waals surface area contributed by atoms with Gasteiger partial charge in [-0.1, -0.05) is 24.3 Å². The molecule has 1 aliphatic heterocycles. The molecule has 0 bridgehead atoms. The van der Waals surface area contributed by atoms with E-state index < -0.39 is 0 Å². The monoisotopic (exact) mass is 399 g/mol. The van der Waals surface area contributed by atoms with E-state index in [1.807, 2.05) is 41.3 Å². The summed E-state index contributed by atoms with van der Waals surface area (Å²) < 4.78 is 7.45. The first kappa shape index (κ1) is 18.7. The second-order valence-electron chi connectivity index (χ2n) is 8.11. The third-order valence-electron chi connectivity index (χ3n) is 5.79. The molecule has 0 radical (unpaired) electrons. The summed E-state index contributed by atoms with van der Waals surface area (Å²) in [5, 5.41) is 0. The van der Waals surface area contributed by atoms with Gasteiger partial charge >= 0.3 is 0 Å². The molecule has 2 heterocycles. The number of carbonyl (C=O) groups is 1. The summed E-state index contributed by atoms with van der Waals surface area (Å²) >= 11 is 0. The zero-order valence-electron chi connectivity index (χ0n) is 17.1. The molecule has 1 aliphatic carbocycles. The molecule has 152 valence electrons. The van der Waals surface area contributed by atoms with Gasteiger partial charge in [-0.15, -0.1) is 0 Å². The molecule has 0 saturated heterocycles. The second kappa shape index (κ2) is 7.82. The summed E-state index contributed by atoms with van der Waals surface area (Å²) in [6.45, 7) is 2.19. The minimum absolute atomic E-state index is 0.0559. The van der Waals surface area contributed by atoms with Crippen LogP contribution >= 0.6 is 0 Å². The van der Waals surface area contributed by atoms with Crippen LogP contribution in [-0.4, -0.2) is 34.7 Å². The molecule has 0 unspecified atom stereocenters. The predicted octanol–water partition coefficient (Wildman–Crippen LogP) is 4.68. The average molecular weight is 399 g/mol. The number of hydrogen-bond acceptors (Lipinski definition) is 3. The van der Waals surface area contributed by atoms with Gasteiger partial charge in [-0.25, -0.2) is 4.99 Å². The average Bonchev–Trinajstić information content (AvgIpc) is 3.33. The van der Waals surface area contributed by atoms with Crippen molar-refractivity contribution in [1.29, 1.82) is 0 Å². The lowest BCUT2D eigenvalue weighted by atomic mass is 10.1. The summed E-state index contributed by atoms with van der Waals surface area (Å²) in [5.41, 5.74) is 3.99. The molecule has 2 aromatic carbocycles. The number of rotatable bonds is 7. The standard InChI is InChI=1S/C25H25N3O2/c1-30-22-8-3-7-21(14-22)25(29)28(15-18-10-11-18)16-19-5-2-6-20(13-19)23-17-27-12-4-9-24(27)26-23/h2-9,12-14,18H,10-11,15-17H2,1H3. The maximum Gasteiger partial charge on any atom is 0.254 e. The smallest absolute Gasteiger partial charge is 0.254 e. The number of methoxy groups -OCH3 is 1. The fraction of sp³-hybridized carbons (Fsp3) is 0.280. The number of amides is 1. The molecular weight excluding hydrogens is 374 g/mol. The summed E-state index contributed by atoms with van der Waals surface area (Å²) in [6.07, 6.45) is 4.47. The van der Waals surface area contributed by atoms with Crippen LogP contribution in [0, 0.1) is 5.92 Å². The number of ether oxygens (including phenoxy) is 1. The lowest BCUT2D eigenvalue weighted by Gasteiger charge is -2.23. The molecule has 1 fully saturated rings. The van der Waals surface area contributed by atoms with Crippen LogP contribution < -0.4 is 4.74 Å². The maximum atomic E-state index is 13.3. The van der Waals surface area contributed by atoms with Gasteiger partial charge in [-0.3, -0.25) is 4.79 Å². The quantitative estimate of drug-likeness (QED) is 0.579. The zero-order chi connectivity index (χ0) is 20.5. The van der Waals surface area contributed by atoms with Gasteiger partial charge in [0.2, 0.25) is 0 Å². The molecule has 0 atom stereocenters. The maximum absolute atomic E-state index is 13.3. The fourth-order valence-corrected chi connectivity index (χ4v) is 3.97. The van der Waals surface area contributed by atoms with Crippen LogP contribution in [0.15, 0.2) is 71.9 Å². The van der Waals surface area contributed by atoms with E-state index >= 15 is 0 Å². The van der Waals surface area contributed by atoms with Gasteiger partial charge in [-0.05, 0) is 66.3 Å². The number of aliphatic imine (C=N–C) groups is 1. The van der Waals surface area contributed by atoms with E-state index in [0.717, 1.165) is 35.7 Å². The van der Waals surface area contributed by atoms with Crippen molar-refractivity contribution in [2.75, 3.05) is 13.7 Å². The van der Waals surface area contributed by atoms with E-state index in [0.29, 0.717) is 23.8 Å². The van der Waals surface area contributed by atoms with Crippen LogP contribution in [-0.2, 0) is 13.1 Å². The topological polar surface area (TPSA) is 46.8 Å². The summed E-state index contributed by atoms with van der Waals surface area (Å²) in [5.74, 6) is 2.38. The molecule has 30 heavy (non-hydrogen) atoms. The predicted molar refractivity (Wildman–Crippen MR) is 118 cm³/mol. The first-order valence-electron chi connectivity index (χ1n) is 10.4. The third kappa shape index (κ3) is 3.88. The van der Waals surface area contributed by atoms with Crippen molar-refractivity contribution in [2.45, 2.75) is 25.9 Å². The fourth-order valence-electron chi connectivity index (χ4n) is 3.97. The molecule has 5 nitrogen and oxygen atoms in total. The van der Waals surface area contributed by atoms with Crippen molar-refractivity contribution in [3.05, 3.63) is 83.6 Å². The molecule has 1 amide bonds. The van der Waals surface area contributed by atoms with E-state index in [1.165, 1.54) is 12.8 Å². The molecule has 2 aliphatic rings. The van der Waals surface area contributed by atoms with Crippen molar-refractivity contribution in [3.63, 3.8) is 0 Å². The van der Waals surface area contributed by atoms with Gasteiger partial charge in [0.1, 0.15) is 11.6 Å². The Bertz CT molecular complexity index is 1110. The Hall–Kier alpha value is -3.34. The summed E-state index contributed by atoms with van der Waals surface area (Å²) in [6, 6.07) is 19.9. The first-order chi connectivity index (χ1) is 14.7. The Morgan fingerprint density at radius 3 is 2.80 bits per heavy atom. The van der Waals surface area contributed by atoms with Crippen LogP contribution in [0.25, 0.3) is 0 Å². The number of nitrogens with zero attached hydrogens (tertiary/aromatic N) is 3. The van der Waals surface area contributed by atoms with Gasteiger partial charge in [0.05, 0.1) is 19.4 Å². The molecular formula is C25H25N3O2. The number of hydrogen-bond donors (Lipinski definition) is 0. The van der Waals surface area contributed by atoms with E-state index in [9.17, 15) is 4.79 Å². The normalized spacial score (nSPS) is 14.9. The molecule has 1 aromatic heterocycles. The molecule has 0 spiro atoms. The highest BCUT2D eigenvalue weighted by atomic mass is 16.5. The van der Waals surface area contributed by atoms with Gasteiger partial charge in [0, 0.05) is 24.8 Å². The van der Waals surface area contributed by atoms with E-state index in [4.69, 9.17) is 9.73 Å². The van der Waals surface area contributed by atoms with Crippen molar-refractivity contribution in [2.24, 2.45) is 10.9 Å². The summed E-state index contributed by atoms with van der Waals surface area (Å²) in [7, 11) is 1.62. The Labute approximate surface area is 176 Å². The Morgan fingerprint density at radius 1 is 1.13 bits per heavy atom. The van der Waals surface area contributed by atoms with E-state index in [1.54, 1.807) is 7.11 Å². The van der Waals surface area contributed by atoms with Crippen LogP contribution in [0.3, 0.4) is 0 Å². The highest BCUT2D eigenvalue weighted by molar-refractivity contribution is 6.03. The van der Waals surface area contributed by atoms with Gasteiger partial charge in [-0.2, -0.15) is 0 Å². The minimum atomic E-state index is 0.0559. The summed E-state index contributed by atoms with van der Waals surface area (Å²) in [4.78, 5) is 20.0. The van der Waals surface area contributed by atoms with E-state index in [2.05, 4.69) is 35.0 Å². The minimum Gasteiger partial charge on any atom is -0.497 e. The SMILES string of the molecule is COc1cccc(C(=O)N(Cc2cccc(C3=Nc4cccn4C3)c2)CC2CC2)c1. The lowest BCUT2D eigenvalue weighted by molar-refractivity contribution is 0.0734. The molecule has 5 heteroatoms. The second-order valence-corrected chi connectivity index (χ2v) is 8.11. The Balaban J connectivity index is 1.37. The van der Waals surface area contributed by atoms with Crippen LogP contribution in [0.5, 0.6) is 5.75 Å². The molecule has 3 aromatic rings. The lowest BCUT2D eigenvalue weighted by Crippen LogP contribution is -2.32. The van der Waals surface area contributed by atoms with Gasteiger partial charge < -0.3 is 14.2 Å². The van der Waals surface area contributed by atoms with E-state index in [-0.39, 0.29) is 5.91 Å². The van der Waals surface area contributed by atoms with Crippen LogP contribution in [0.4, 0.5) is 5.82 Å².